The second-order valence-electron chi connectivity index (χ2n) is 6.18. The summed E-state index contributed by atoms with van der Waals surface area (Å²) in [5, 5.41) is 3.82. The van der Waals surface area contributed by atoms with Gasteiger partial charge in [0.1, 0.15) is 0 Å². The van der Waals surface area contributed by atoms with Gasteiger partial charge in [-0.3, -0.25) is 4.90 Å². The number of rotatable bonds is 5. The topological polar surface area (TPSA) is 15.3 Å². The van der Waals surface area contributed by atoms with Crippen molar-refractivity contribution in [3.8, 4) is 0 Å². The van der Waals surface area contributed by atoms with Crippen LogP contribution in [0.15, 0.2) is 12.7 Å². The molecule has 2 nitrogen and oxygen atoms in total. The van der Waals surface area contributed by atoms with E-state index in [1.165, 1.54) is 25.8 Å². The van der Waals surface area contributed by atoms with Gasteiger partial charge in [-0.2, -0.15) is 0 Å². The largest absolute Gasteiger partial charge is 0.308 e. The molecule has 0 aromatic rings. The summed E-state index contributed by atoms with van der Waals surface area (Å²) in [6.45, 7) is 13.3. The molecule has 2 aliphatic rings. The van der Waals surface area contributed by atoms with Crippen LogP contribution in [0.5, 0.6) is 0 Å². The van der Waals surface area contributed by atoms with Crippen molar-refractivity contribution < 1.29 is 0 Å². The van der Waals surface area contributed by atoms with Gasteiger partial charge in [0.2, 0.25) is 0 Å². The first kappa shape index (κ1) is 13.1. The van der Waals surface area contributed by atoms with E-state index >= 15 is 0 Å². The monoisotopic (exact) mass is 236 g/mol. The molecule has 17 heavy (non-hydrogen) atoms. The van der Waals surface area contributed by atoms with Crippen LogP contribution in [0.1, 0.15) is 46.5 Å². The average molecular weight is 236 g/mol. The Morgan fingerprint density at radius 3 is 2.76 bits per heavy atom. The summed E-state index contributed by atoms with van der Waals surface area (Å²) in [6, 6.07) is 1.34. The molecule has 0 aromatic heterocycles. The Balaban J connectivity index is 2.04. The van der Waals surface area contributed by atoms with E-state index in [2.05, 4.69) is 43.6 Å². The molecule has 1 N–H and O–H groups in total. The third-order valence-electron chi connectivity index (χ3n) is 4.75. The Morgan fingerprint density at radius 2 is 2.24 bits per heavy atom. The second kappa shape index (κ2) is 5.11. The first-order chi connectivity index (χ1) is 8.10. The third kappa shape index (κ3) is 2.74. The first-order valence-corrected chi connectivity index (χ1v) is 7.22. The zero-order valence-corrected chi connectivity index (χ0v) is 11.7. The van der Waals surface area contributed by atoms with Crippen LogP contribution in [-0.2, 0) is 0 Å². The van der Waals surface area contributed by atoms with Crippen LogP contribution in [0.25, 0.3) is 0 Å². The van der Waals surface area contributed by atoms with E-state index in [-0.39, 0.29) is 0 Å². The fourth-order valence-corrected chi connectivity index (χ4v) is 3.30. The first-order valence-electron chi connectivity index (χ1n) is 7.22. The molecule has 1 heterocycles. The van der Waals surface area contributed by atoms with Gasteiger partial charge in [-0.25, -0.2) is 0 Å². The lowest BCUT2D eigenvalue weighted by atomic mass is 9.89. The fourth-order valence-electron chi connectivity index (χ4n) is 3.30. The molecular weight excluding hydrogens is 208 g/mol. The summed E-state index contributed by atoms with van der Waals surface area (Å²) in [6.07, 6.45) is 7.26. The van der Waals surface area contributed by atoms with Crippen molar-refractivity contribution in [3.63, 3.8) is 0 Å². The Morgan fingerprint density at radius 1 is 1.53 bits per heavy atom. The lowest BCUT2D eigenvalue weighted by Gasteiger charge is -2.49. The van der Waals surface area contributed by atoms with Crippen LogP contribution >= 0.6 is 0 Å². The van der Waals surface area contributed by atoms with Gasteiger partial charge in [-0.15, -0.1) is 6.58 Å². The SMILES string of the molecule is C=CCC(C)N1CC(C)(C2CC2)NCC1CC. The van der Waals surface area contributed by atoms with Gasteiger partial charge in [0.05, 0.1) is 0 Å². The molecule has 0 amide bonds. The summed E-state index contributed by atoms with van der Waals surface area (Å²) in [5.74, 6) is 0.915. The molecule has 1 aliphatic heterocycles. The number of hydrogen-bond acceptors (Lipinski definition) is 2. The average Bonchev–Trinajstić information content (AvgIpc) is 3.13. The molecule has 1 saturated heterocycles. The molecule has 3 unspecified atom stereocenters. The molecular formula is C15H28N2. The maximum atomic E-state index is 3.89. The normalized spacial score (nSPS) is 36.8. The summed E-state index contributed by atoms with van der Waals surface area (Å²) < 4.78 is 0. The van der Waals surface area contributed by atoms with Gasteiger partial charge in [0, 0.05) is 30.7 Å². The Hall–Kier alpha value is -0.340. The minimum atomic E-state index is 0.362. The second-order valence-corrected chi connectivity index (χ2v) is 6.18. The Kier molecular flexibility index (Phi) is 3.94. The highest BCUT2D eigenvalue weighted by atomic mass is 15.3. The summed E-state index contributed by atoms with van der Waals surface area (Å²) in [4.78, 5) is 2.72. The van der Waals surface area contributed by atoms with Gasteiger partial charge in [-0.1, -0.05) is 13.0 Å². The number of nitrogens with zero attached hydrogens (tertiary/aromatic N) is 1. The van der Waals surface area contributed by atoms with E-state index in [0.29, 0.717) is 17.6 Å². The molecule has 3 atom stereocenters. The van der Waals surface area contributed by atoms with E-state index in [0.717, 1.165) is 18.9 Å². The van der Waals surface area contributed by atoms with Crippen LogP contribution in [0.2, 0.25) is 0 Å². The highest BCUT2D eigenvalue weighted by molar-refractivity contribution is 5.05. The van der Waals surface area contributed by atoms with E-state index in [4.69, 9.17) is 0 Å². The van der Waals surface area contributed by atoms with Crippen LogP contribution in [-0.4, -0.2) is 35.6 Å². The zero-order chi connectivity index (χ0) is 12.5. The molecule has 1 aliphatic carbocycles. The van der Waals surface area contributed by atoms with Crippen molar-refractivity contribution in [1.82, 2.24) is 10.2 Å². The predicted octanol–water partition coefficient (Wildman–Crippen LogP) is 2.80. The fraction of sp³-hybridized carbons (Fsp3) is 0.867. The highest BCUT2D eigenvalue weighted by Gasteiger charge is 2.46. The van der Waals surface area contributed by atoms with E-state index in [1.807, 2.05) is 0 Å². The predicted molar refractivity (Wildman–Crippen MR) is 74.2 cm³/mol. The summed E-state index contributed by atoms with van der Waals surface area (Å²) in [7, 11) is 0. The minimum absolute atomic E-state index is 0.362. The van der Waals surface area contributed by atoms with Gasteiger partial charge < -0.3 is 5.32 Å². The molecule has 2 fully saturated rings. The molecule has 0 bridgehead atoms. The molecule has 2 heteroatoms. The van der Waals surface area contributed by atoms with Gasteiger partial charge in [-0.05, 0) is 45.4 Å². The third-order valence-corrected chi connectivity index (χ3v) is 4.75. The van der Waals surface area contributed by atoms with Crippen LogP contribution < -0.4 is 5.32 Å². The van der Waals surface area contributed by atoms with Crippen molar-refractivity contribution in [2.45, 2.75) is 64.1 Å². The van der Waals surface area contributed by atoms with Crippen LogP contribution in [0.4, 0.5) is 0 Å². The van der Waals surface area contributed by atoms with E-state index in [9.17, 15) is 0 Å². The van der Waals surface area contributed by atoms with Crippen molar-refractivity contribution >= 4 is 0 Å². The van der Waals surface area contributed by atoms with Gasteiger partial charge in [0.25, 0.3) is 0 Å². The van der Waals surface area contributed by atoms with Crippen molar-refractivity contribution in [2.24, 2.45) is 5.92 Å². The number of hydrogen-bond donors (Lipinski definition) is 1. The smallest absolute Gasteiger partial charge is 0.0309 e. The minimum Gasteiger partial charge on any atom is -0.308 e. The van der Waals surface area contributed by atoms with Crippen molar-refractivity contribution in [2.75, 3.05) is 13.1 Å². The Bertz CT molecular complexity index is 272. The van der Waals surface area contributed by atoms with E-state index < -0.39 is 0 Å². The molecule has 0 spiro atoms. The van der Waals surface area contributed by atoms with Crippen molar-refractivity contribution in [3.05, 3.63) is 12.7 Å². The van der Waals surface area contributed by atoms with Gasteiger partial charge >= 0.3 is 0 Å². The van der Waals surface area contributed by atoms with Crippen LogP contribution in [0.3, 0.4) is 0 Å². The maximum absolute atomic E-state index is 3.89. The molecule has 0 aromatic carbocycles. The lowest BCUT2D eigenvalue weighted by molar-refractivity contribution is 0.0433. The maximum Gasteiger partial charge on any atom is 0.0309 e. The lowest BCUT2D eigenvalue weighted by Crippen LogP contribution is -2.65. The Labute approximate surface area is 106 Å². The van der Waals surface area contributed by atoms with Gasteiger partial charge in [0.15, 0.2) is 0 Å². The zero-order valence-electron chi connectivity index (χ0n) is 11.7. The summed E-state index contributed by atoms with van der Waals surface area (Å²) in [5.41, 5.74) is 0.362. The van der Waals surface area contributed by atoms with Crippen LogP contribution in [0, 0.1) is 5.92 Å². The molecule has 98 valence electrons. The standard InChI is InChI=1S/C15H28N2/c1-5-7-12(3)17-11-15(4,13-8-9-13)16-10-14(17)6-2/h5,12-14,16H,1,6-11H2,2-4H3. The van der Waals surface area contributed by atoms with Crippen molar-refractivity contribution in [1.29, 1.82) is 0 Å². The summed E-state index contributed by atoms with van der Waals surface area (Å²) >= 11 is 0. The number of piperazine rings is 1. The molecule has 1 saturated carbocycles. The number of nitrogens with one attached hydrogen (secondary N) is 1. The highest BCUT2D eigenvalue weighted by Crippen LogP contribution is 2.41. The van der Waals surface area contributed by atoms with E-state index in [1.54, 1.807) is 0 Å². The molecule has 2 rings (SSSR count). The molecule has 0 radical (unpaired) electrons. The quantitative estimate of drug-likeness (QED) is 0.738.